The quantitative estimate of drug-likeness (QED) is 0.828. The average molecular weight is 260 g/mol. The fourth-order valence-electron chi connectivity index (χ4n) is 2.05. The molecule has 1 aromatic heterocycles. The van der Waals surface area contributed by atoms with E-state index in [4.69, 9.17) is 10.00 Å². The summed E-state index contributed by atoms with van der Waals surface area (Å²) in [6, 6.07) is 1.88. The Labute approximate surface area is 111 Å². The molecule has 0 amide bonds. The summed E-state index contributed by atoms with van der Waals surface area (Å²) in [5, 5.41) is 11.4. The number of nitriles is 1. The van der Waals surface area contributed by atoms with Gasteiger partial charge in [-0.1, -0.05) is 6.42 Å². The minimum absolute atomic E-state index is 0.0649. The maximum atomic E-state index is 11.6. The van der Waals surface area contributed by atoms with E-state index in [1.165, 1.54) is 18.8 Å². The van der Waals surface area contributed by atoms with Crippen molar-refractivity contribution in [2.24, 2.45) is 0 Å². The average Bonchev–Trinajstić information content (AvgIpc) is 2.47. The maximum Gasteiger partial charge on any atom is 0.325 e. The number of carbonyl (C=O) groups excluding carboxylic acids is 1. The van der Waals surface area contributed by atoms with Gasteiger partial charge in [-0.3, -0.25) is 4.79 Å². The summed E-state index contributed by atoms with van der Waals surface area (Å²) >= 11 is 0. The van der Waals surface area contributed by atoms with E-state index >= 15 is 0 Å². The summed E-state index contributed by atoms with van der Waals surface area (Å²) in [6.45, 7) is 0.0665. The SMILES string of the molecule is N#Cc1cnc(NCC(=O)OC2CCCCC2)cn1. The molecule has 1 aliphatic rings. The van der Waals surface area contributed by atoms with Gasteiger partial charge in [0.25, 0.3) is 0 Å². The van der Waals surface area contributed by atoms with Crippen molar-refractivity contribution >= 4 is 11.8 Å². The van der Waals surface area contributed by atoms with Crippen molar-refractivity contribution in [2.75, 3.05) is 11.9 Å². The lowest BCUT2D eigenvalue weighted by atomic mass is 9.98. The lowest BCUT2D eigenvalue weighted by Crippen LogP contribution is -2.25. The third kappa shape index (κ3) is 4.21. The second kappa shape index (κ2) is 6.69. The number of ether oxygens (including phenoxy) is 1. The van der Waals surface area contributed by atoms with Gasteiger partial charge in [0.1, 0.15) is 24.5 Å². The van der Waals surface area contributed by atoms with Gasteiger partial charge in [0.15, 0.2) is 5.69 Å². The normalized spacial score (nSPS) is 15.5. The molecule has 1 N–H and O–H groups in total. The Morgan fingerprint density at radius 1 is 1.37 bits per heavy atom. The number of nitrogens with one attached hydrogen (secondary N) is 1. The Balaban J connectivity index is 1.74. The van der Waals surface area contributed by atoms with Crippen LogP contribution in [0.3, 0.4) is 0 Å². The summed E-state index contributed by atoms with van der Waals surface area (Å²) in [6.07, 6.45) is 8.26. The van der Waals surface area contributed by atoms with Crippen LogP contribution in [-0.4, -0.2) is 28.6 Å². The zero-order valence-corrected chi connectivity index (χ0v) is 10.6. The predicted molar refractivity (Wildman–Crippen MR) is 68.2 cm³/mol. The molecule has 0 bridgehead atoms. The van der Waals surface area contributed by atoms with Crippen molar-refractivity contribution < 1.29 is 9.53 Å². The van der Waals surface area contributed by atoms with Crippen molar-refractivity contribution in [2.45, 2.75) is 38.2 Å². The smallest absolute Gasteiger partial charge is 0.325 e. The summed E-state index contributed by atoms with van der Waals surface area (Å²) in [5.41, 5.74) is 0.246. The van der Waals surface area contributed by atoms with E-state index in [-0.39, 0.29) is 24.3 Å². The van der Waals surface area contributed by atoms with Crippen LogP contribution in [0, 0.1) is 11.3 Å². The van der Waals surface area contributed by atoms with Crippen molar-refractivity contribution in [3.63, 3.8) is 0 Å². The first-order valence-corrected chi connectivity index (χ1v) is 6.43. The van der Waals surface area contributed by atoms with Crippen molar-refractivity contribution in [3.8, 4) is 6.07 Å². The van der Waals surface area contributed by atoms with Crippen LogP contribution in [0.25, 0.3) is 0 Å². The van der Waals surface area contributed by atoms with E-state index in [2.05, 4.69) is 15.3 Å². The van der Waals surface area contributed by atoms with E-state index in [0.717, 1.165) is 25.7 Å². The molecule has 0 saturated heterocycles. The lowest BCUT2D eigenvalue weighted by molar-refractivity contribution is -0.148. The van der Waals surface area contributed by atoms with E-state index in [9.17, 15) is 4.79 Å². The molecular formula is C13H16N4O2. The van der Waals surface area contributed by atoms with Crippen LogP contribution in [0.5, 0.6) is 0 Å². The van der Waals surface area contributed by atoms with Crippen molar-refractivity contribution in [1.29, 1.82) is 5.26 Å². The topological polar surface area (TPSA) is 87.9 Å². The van der Waals surface area contributed by atoms with Crippen molar-refractivity contribution in [3.05, 3.63) is 18.1 Å². The Morgan fingerprint density at radius 3 is 2.79 bits per heavy atom. The molecule has 6 nitrogen and oxygen atoms in total. The zero-order chi connectivity index (χ0) is 13.5. The number of hydrogen-bond donors (Lipinski definition) is 1. The number of hydrogen-bond acceptors (Lipinski definition) is 6. The summed E-state index contributed by atoms with van der Waals surface area (Å²) in [7, 11) is 0. The van der Waals surface area contributed by atoms with Gasteiger partial charge < -0.3 is 10.1 Å². The first kappa shape index (κ1) is 13.3. The van der Waals surface area contributed by atoms with Crippen LogP contribution in [0.15, 0.2) is 12.4 Å². The minimum Gasteiger partial charge on any atom is -0.461 e. The van der Waals surface area contributed by atoms with Gasteiger partial charge in [-0.05, 0) is 25.7 Å². The molecule has 0 atom stereocenters. The van der Waals surface area contributed by atoms with Gasteiger partial charge >= 0.3 is 5.97 Å². The first-order valence-electron chi connectivity index (χ1n) is 6.43. The Hall–Kier alpha value is -2.16. The van der Waals surface area contributed by atoms with Gasteiger partial charge in [0.05, 0.1) is 12.4 Å². The fraction of sp³-hybridized carbons (Fsp3) is 0.538. The largest absolute Gasteiger partial charge is 0.461 e. The van der Waals surface area contributed by atoms with E-state index in [1.54, 1.807) is 0 Å². The second-order valence-corrected chi connectivity index (χ2v) is 4.50. The van der Waals surface area contributed by atoms with Gasteiger partial charge in [0.2, 0.25) is 0 Å². The highest BCUT2D eigenvalue weighted by Gasteiger charge is 2.17. The second-order valence-electron chi connectivity index (χ2n) is 4.50. The van der Waals surface area contributed by atoms with E-state index < -0.39 is 0 Å². The molecule has 100 valence electrons. The lowest BCUT2D eigenvalue weighted by Gasteiger charge is -2.21. The predicted octanol–water partition coefficient (Wildman–Crippen LogP) is 1.64. The Bertz CT molecular complexity index is 461. The molecular weight excluding hydrogens is 244 g/mol. The molecule has 19 heavy (non-hydrogen) atoms. The molecule has 1 aliphatic carbocycles. The van der Waals surface area contributed by atoms with E-state index in [0.29, 0.717) is 5.82 Å². The van der Waals surface area contributed by atoms with Crippen LogP contribution < -0.4 is 5.32 Å². The van der Waals surface area contributed by atoms with Gasteiger partial charge in [-0.15, -0.1) is 0 Å². The third-order valence-electron chi connectivity index (χ3n) is 3.03. The number of aromatic nitrogens is 2. The molecule has 2 rings (SSSR count). The van der Waals surface area contributed by atoms with Gasteiger partial charge in [0, 0.05) is 0 Å². The number of anilines is 1. The minimum atomic E-state index is -0.280. The number of esters is 1. The van der Waals surface area contributed by atoms with Crippen LogP contribution in [0.1, 0.15) is 37.8 Å². The Morgan fingerprint density at radius 2 is 2.16 bits per heavy atom. The fourth-order valence-corrected chi connectivity index (χ4v) is 2.05. The third-order valence-corrected chi connectivity index (χ3v) is 3.03. The molecule has 6 heteroatoms. The van der Waals surface area contributed by atoms with Gasteiger partial charge in [-0.2, -0.15) is 5.26 Å². The molecule has 0 aromatic carbocycles. The highest BCUT2D eigenvalue weighted by atomic mass is 16.5. The summed E-state index contributed by atoms with van der Waals surface area (Å²) in [5.74, 6) is 0.178. The first-order chi connectivity index (χ1) is 9.28. The van der Waals surface area contributed by atoms with Crippen molar-refractivity contribution in [1.82, 2.24) is 9.97 Å². The summed E-state index contributed by atoms with van der Waals surface area (Å²) in [4.78, 5) is 19.4. The molecule has 1 fully saturated rings. The van der Waals surface area contributed by atoms with Gasteiger partial charge in [-0.25, -0.2) is 9.97 Å². The monoisotopic (exact) mass is 260 g/mol. The Kier molecular flexibility index (Phi) is 4.67. The molecule has 1 saturated carbocycles. The molecule has 0 radical (unpaired) electrons. The maximum absolute atomic E-state index is 11.6. The van der Waals surface area contributed by atoms with Crippen LogP contribution in [0.4, 0.5) is 5.82 Å². The number of nitrogens with zero attached hydrogens (tertiary/aromatic N) is 3. The number of rotatable bonds is 4. The number of carbonyl (C=O) groups is 1. The van der Waals surface area contributed by atoms with E-state index in [1.807, 2.05) is 6.07 Å². The highest BCUT2D eigenvalue weighted by molar-refractivity contribution is 5.74. The molecule has 0 aliphatic heterocycles. The summed E-state index contributed by atoms with van der Waals surface area (Å²) < 4.78 is 5.36. The zero-order valence-electron chi connectivity index (χ0n) is 10.6. The van der Waals surface area contributed by atoms with Crippen LogP contribution in [-0.2, 0) is 9.53 Å². The van der Waals surface area contributed by atoms with Crippen LogP contribution >= 0.6 is 0 Å². The highest BCUT2D eigenvalue weighted by Crippen LogP contribution is 2.20. The van der Waals surface area contributed by atoms with Crippen LogP contribution in [0.2, 0.25) is 0 Å². The molecule has 0 unspecified atom stereocenters. The molecule has 1 heterocycles. The molecule has 0 spiro atoms. The molecule has 1 aromatic rings. The standard InChI is InChI=1S/C13H16N4O2/c14-6-10-7-16-12(8-15-10)17-9-13(18)19-11-4-2-1-3-5-11/h7-8,11H,1-5,9H2,(H,16,17).